The molecule has 1 N–H and O–H groups in total. The minimum Gasteiger partial charge on any atom is -0.345 e. The number of para-hydroxylation sites is 2. The topological polar surface area (TPSA) is 49.0 Å². The molecule has 1 heterocycles. The Labute approximate surface area is 136 Å². The summed E-state index contributed by atoms with van der Waals surface area (Å²) < 4.78 is 0.130. The Balaban J connectivity index is 1.76. The van der Waals surface area contributed by atoms with Crippen LogP contribution in [0.1, 0.15) is 33.0 Å². The number of nitrogens with one attached hydrogen (secondary N) is 1. The van der Waals surface area contributed by atoms with E-state index >= 15 is 0 Å². The van der Waals surface area contributed by atoms with E-state index in [9.17, 15) is 4.79 Å². The van der Waals surface area contributed by atoms with Gasteiger partial charge in [-0.1, -0.05) is 32.9 Å². The number of benzene rings is 1. The van der Waals surface area contributed by atoms with Crippen molar-refractivity contribution in [3.8, 4) is 0 Å². The summed E-state index contributed by atoms with van der Waals surface area (Å²) in [5, 5.41) is 0. The van der Waals surface area contributed by atoms with Crippen LogP contribution in [0.15, 0.2) is 24.3 Å². The number of carbonyl (C=O) groups is 1. The summed E-state index contributed by atoms with van der Waals surface area (Å²) in [5.41, 5.74) is 2.08. The highest BCUT2D eigenvalue weighted by molar-refractivity contribution is 8.01. The number of aryl methyl sites for hydroxylation is 1. The molecule has 0 aliphatic rings. The average Bonchev–Trinajstić information content (AvgIpc) is 2.86. The van der Waals surface area contributed by atoms with Crippen molar-refractivity contribution in [2.75, 3.05) is 19.3 Å². The van der Waals surface area contributed by atoms with Gasteiger partial charge in [-0.15, -0.1) is 11.8 Å². The standard InChI is InChI=1S/C17H25N3OS/c1-17(2,3)22-12-16(21)20(4)11-7-10-15-18-13-8-5-6-9-14(13)19-15/h5-6,8-9H,7,10-12H2,1-4H3,(H,18,19). The highest BCUT2D eigenvalue weighted by Crippen LogP contribution is 2.23. The molecule has 0 saturated carbocycles. The molecule has 2 rings (SSSR count). The predicted molar refractivity (Wildman–Crippen MR) is 94.3 cm³/mol. The van der Waals surface area contributed by atoms with Crippen LogP contribution in [0.4, 0.5) is 0 Å². The largest absolute Gasteiger partial charge is 0.345 e. The monoisotopic (exact) mass is 319 g/mol. The van der Waals surface area contributed by atoms with E-state index < -0.39 is 0 Å². The molecule has 0 bridgehead atoms. The first-order chi connectivity index (χ1) is 10.3. The average molecular weight is 319 g/mol. The third kappa shape index (κ3) is 5.05. The molecule has 0 aliphatic carbocycles. The molecule has 2 aromatic rings. The Bertz CT molecular complexity index is 597. The van der Waals surface area contributed by atoms with Gasteiger partial charge >= 0.3 is 0 Å². The van der Waals surface area contributed by atoms with Gasteiger partial charge in [-0.05, 0) is 18.6 Å². The van der Waals surface area contributed by atoms with Gasteiger partial charge in [-0.2, -0.15) is 0 Å². The third-order valence-corrected chi connectivity index (χ3v) is 4.66. The molecule has 0 fully saturated rings. The van der Waals surface area contributed by atoms with E-state index in [0.717, 1.165) is 36.2 Å². The van der Waals surface area contributed by atoms with E-state index in [-0.39, 0.29) is 10.7 Å². The lowest BCUT2D eigenvalue weighted by molar-refractivity contribution is -0.127. The highest BCUT2D eigenvalue weighted by Gasteiger charge is 2.15. The van der Waals surface area contributed by atoms with Gasteiger partial charge in [0.15, 0.2) is 0 Å². The maximum absolute atomic E-state index is 12.1. The summed E-state index contributed by atoms with van der Waals surface area (Å²) in [6, 6.07) is 8.04. The molecule has 0 unspecified atom stereocenters. The third-order valence-electron chi connectivity index (χ3n) is 3.40. The van der Waals surface area contributed by atoms with E-state index in [4.69, 9.17) is 0 Å². The zero-order valence-electron chi connectivity index (χ0n) is 13.8. The van der Waals surface area contributed by atoms with Crippen molar-refractivity contribution >= 4 is 28.7 Å². The lowest BCUT2D eigenvalue weighted by atomic mass is 10.3. The lowest BCUT2D eigenvalue weighted by Gasteiger charge is -2.21. The van der Waals surface area contributed by atoms with Gasteiger partial charge in [-0.25, -0.2) is 4.98 Å². The number of carbonyl (C=O) groups excluding carboxylic acids is 1. The molecule has 0 spiro atoms. The fourth-order valence-electron chi connectivity index (χ4n) is 2.12. The minimum atomic E-state index is 0.130. The van der Waals surface area contributed by atoms with Crippen molar-refractivity contribution < 1.29 is 4.79 Å². The molecule has 22 heavy (non-hydrogen) atoms. The smallest absolute Gasteiger partial charge is 0.232 e. The number of thioether (sulfide) groups is 1. The van der Waals surface area contributed by atoms with E-state index in [2.05, 4.69) is 30.7 Å². The summed E-state index contributed by atoms with van der Waals surface area (Å²) in [4.78, 5) is 21.8. The molecular formula is C17H25N3OS. The zero-order valence-corrected chi connectivity index (χ0v) is 14.7. The molecule has 5 heteroatoms. The molecule has 4 nitrogen and oxygen atoms in total. The number of H-pyrrole nitrogens is 1. The molecule has 0 atom stereocenters. The summed E-state index contributed by atoms with van der Waals surface area (Å²) in [7, 11) is 1.88. The maximum atomic E-state index is 12.1. The zero-order chi connectivity index (χ0) is 16.2. The normalized spacial score (nSPS) is 11.8. The number of aromatic amines is 1. The van der Waals surface area contributed by atoms with Gasteiger partial charge in [-0.3, -0.25) is 4.79 Å². The number of nitrogens with zero attached hydrogens (tertiary/aromatic N) is 2. The molecule has 0 radical (unpaired) electrons. The Hall–Kier alpha value is -1.49. The van der Waals surface area contributed by atoms with Gasteiger partial charge in [0.2, 0.25) is 5.91 Å². The Morgan fingerprint density at radius 2 is 2.05 bits per heavy atom. The van der Waals surface area contributed by atoms with Crippen LogP contribution in [0.2, 0.25) is 0 Å². The Morgan fingerprint density at radius 1 is 1.32 bits per heavy atom. The van der Waals surface area contributed by atoms with Crippen LogP contribution in [-0.2, 0) is 11.2 Å². The molecule has 1 aromatic carbocycles. The van der Waals surface area contributed by atoms with E-state index in [1.165, 1.54) is 0 Å². The fraction of sp³-hybridized carbons (Fsp3) is 0.529. The molecule has 1 amide bonds. The number of fused-ring (bicyclic) bond motifs is 1. The van der Waals surface area contributed by atoms with Crippen LogP contribution in [0.25, 0.3) is 11.0 Å². The fourth-order valence-corrected chi connectivity index (χ4v) is 2.90. The second-order valence-corrected chi connectivity index (χ2v) is 8.32. The van der Waals surface area contributed by atoms with Gasteiger partial charge in [0.25, 0.3) is 0 Å². The van der Waals surface area contributed by atoms with Crippen molar-refractivity contribution in [1.82, 2.24) is 14.9 Å². The minimum absolute atomic E-state index is 0.130. The molecular weight excluding hydrogens is 294 g/mol. The van der Waals surface area contributed by atoms with Crippen LogP contribution < -0.4 is 0 Å². The van der Waals surface area contributed by atoms with Crippen molar-refractivity contribution in [3.05, 3.63) is 30.1 Å². The molecule has 1 aromatic heterocycles. The maximum Gasteiger partial charge on any atom is 0.232 e. The number of aromatic nitrogens is 2. The van der Waals surface area contributed by atoms with Crippen molar-refractivity contribution in [2.24, 2.45) is 0 Å². The first-order valence-electron chi connectivity index (χ1n) is 7.67. The van der Waals surface area contributed by atoms with Crippen LogP contribution in [0.5, 0.6) is 0 Å². The Kier molecular flexibility index (Phi) is 5.51. The van der Waals surface area contributed by atoms with Crippen molar-refractivity contribution in [1.29, 1.82) is 0 Å². The number of rotatable bonds is 6. The summed E-state index contributed by atoms with van der Waals surface area (Å²) in [6.07, 6.45) is 1.78. The second kappa shape index (κ2) is 7.18. The number of imidazole rings is 1. The van der Waals surface area contributed by atoms with Gasteiger partial charge in [0, 0.05) is 24.8 Å². The quantitative estimate of drug-likeness (QED) is 0.886. The van der Waals surface area contributed by atoms with Crippen LogP contribution in [0.3, 0.4) is 0 Å². The summed E-state index contributed by atoms with van der Waals surface area (Å²) in [5.74, 6) is 1.74. The highest BCUT2D eigenvalue weighted by atomic mass is 32.2. The molecule has 0 saturated heterocycles. The lowest BCUT2D eigenvalue weighted by Crippen LogP contribution is -2.30. The van der Waals surface area contributed by atoms with Gasteiger partial charge in [0.05, 0.1) is 16.8 Å². The Morgan fingerprint density at radius 3 is 2.73 bits per heavy atom. The van der Waals surface area contributed by atoms with Crippen LogP contribution in [0, 0.1) is 0 Å². The number of amides is 1. The van der Waals surface area contributed by atoms with Crippen LogP contribution in [-0.4, -0.2) is 44.9 Å². The van der Waals surface area contributed by atoms with Crippen molar-refractivity contribution in [2.45, 2.75) is 38.4 Å². The van der Waals surface area contributed by atoms with E-state index in [1.54, 1.807) is 11.8 Å². The predicted octanol–water partition coefficient (Wildman–Crippen LogP) is 3.49. The molecule has 120 valence electrons. The number of hydrogen-bond donors (Lipinski definition) is 1. The van der Waals surface area contributed by atoms with Gasteiger partial charge in [0.1, 0.15) is 5.82 Å². The second-order valence-electron chi connectivity index (χ2n) is 6.52. The first kappa shape index (κ1) is 16.9. The summed E-state index contributed by atoms with van der Waals surface area (Å²) in [6.45, 7) is 7.16. The summed E-state index contributed by atoms with van der Waals surface area (Å²) >= 11 is 1.69. The van der Waals surface area contributed by atoms with Crippen molar-refractivity contribution in [3.63, 3.8) is 0 Å². The SMILES string of the molecule is CN(CCCc1nc2ccccc2[nH]1)C(=O)CSC(C)(C)C. The first-order valence-corrected chi connectivity index (χ1v) is 8.65. The number of hydrogen-bond acceptors (Lipinski definition) is 3. The van der Waals surface area contributed by atoms with E-state index in [1.807, 2.05) is 36.2 Å². The van der Waals surface area contributed by atoms with Gasteiger partial charge < -0.3 is 9.88 Å². The van der Waals surface area contributed by atoms with Crippen LogP contribution >= 0.6 is 11.8 Å². The molecule has 0 aliphatic heterocycles. The van der Waals surface area contributed by atoms with E-state index in [0.29, 0.717) is 5.75 Å².